The molecule has 1 atom stereocenters. The standard InChI is InChI=1S/C15H19N3O/c16-13(11-7-3-1-4-8-11)15-17-14(18-19-15)12-9-5-2-6-10-12/h1,3-4,7-8,12-13H,2,5-6,9-10,16H2. The van der Waals surface area contributed by atoms with E-state index >= 15 is 0 Å². The van der Waals surface area contributed by atoms with Crippen molar-refractivity contribution in [3.63, 3.8) is 0 Å². The van der Waals surface area contributed by atoms with Crippen molar-refractivity contribution < 1.29 is 4.52 Å². The highest BCUT2D eigenvalue weighted by atomic mass is 16.5. The first kappa shape index (κ1) is 12.4. The molecule has 2 N–H and O–H groups in total. The van der Waals surface area contributed by atoms with Crippen molar-refractivity contribution in [3.8, 4) is 0 Å². The lowest BCUT2D eigenvalue weighted by Crippen LogP contribution is -2.12. The molecule has 3 rings (SSSR count). The van der Waals surface area contributed by atoms with Gasteiger partial charge < -0.3 is 10.3 Å². The molecule has 0 amide bonds. The van der Waals surface area contributed by atoms with Crippen molar-refractivity contribution in [1.29, 1.82) is 0 Å². The lowest BCUT2D eigenvalue weighted by Gasteiger charge is -2.17. The molecule has 1 aliphatic carbocycles. The van der Waals surface area contributed by atoms with E-state index in [1.54, 1.807) is 0 Å². The van der Waals surface area contributed by atoms with Crippen LogP contribution in [-0.2, 0) is 0 Å². The largest absolute Gasteiger partial charge is 0.337 e. The molecular weight excluding hydrogens is 238 g/mol. The Kier molecular flexibility index (Phi) is 3.60. The molecule has 4 nitrogen and oxygen atoms in total. The molecule has 1 unspecified atom stereocenters. The molecule has 1 aromatic carbocycles. The Labute approximate surface area is 113 Å². The van der Waals surface area contributed by atoms with Gasteiger partial charge in [-0.3, -0.25) is 0 Å². The number of nitrogens with two attached hydrogens (primary N) is 1. The monoisotopic (exact) mass is 257 g/mol. The minimum Gasteiger partial charge on any atom is -0.337 e. The summed E-state index contributed by atoms with van der Waals surface area (Å²) in [5.41, 5.74) is 7.16. The molecule has 100 valence electrons. The second-order valence-corrected chi connectivity index (χ2v) is 5.21. The lowest BCUT2D eigenvalue weighted by molar-refractivity contribution is 0.350. The summed E-state index contributed by atoms with van der Waals surface area (Å²) in [7, 11) is 0. The minimum atomic E-state index is -0.328. The molecular formula is C15H19N3O. The maximum absolute atomic E-state index is 6.16. The molecule has 19 heavy (non-hydrogen) atoms. The molecule has 2 aromatic rings. The van der Waals surface area contributed by atoms with Crippen LogP contribution in [0.1, 0.15) is 61.3 Å². The van der Waals surface area contributed by atoms with E-state index in [1.807, 2.05) is 30.3 Å². The molecule has 1 saturated carbocycles. The van der Waals surface area contributed by atoms with Gasteiger partial charge in [-0.25, -0.2) is 0 Å². The fourth-order valence-corrected chi connectivity index (χ4v) is 2.70. The summed E-state index contributed by atoms with van der Waals surface area (Å²) in [4.78, 5) is 4.51. The van der Waals surface area contributed by atoms with Crippen LogP contribution in [-0.4, -0.2) is 10.1 Å². The summed E-state index contributed by atoms with van der Waals surface area (Å²) in [6.07, 6.45) is 6.18. The molecule has 1 heterocycles. The average Bonchev–Trinajstić information content (AvgIpc) is 2.98. The topological polar surface area (TPSA) is 64.9 Å². The van der Waals surface area contributed by atoms with Gasteiger partial charge in [-0.15, -0.1) is 0 Å². The van der Waals surface area contributed by atoms with Crippen LogP contribution in [0.2, 0.25) is 0 Å². The van der Waals surface area contributed by atoms with Gasteiger partial charge in [-0.2, -0.15) is 4.98 Å². The first-order valence-corrected chi connectivity index (χ1v) is 6.98. The van der Waals surface area contributed by atoms with E-state index in [-0.39, 0.29) is 6.04 Å². The normalized spacial score (nSPS) is 18.4. The fraction of sp³-hybridized carbons (Fsp3) is 0.467. The van der Waals surface area contributed by atoms with Gasteiger partial charge in [0.25, 0.3) is 0 Å². The van der Waals surface area contributed by atoms with Crippen LogP contribution in [0.5, 0.6) is 0 Å². The first-order valence-electron chi connectivity index (χ1n) is 6.98. The Bertz CT molecular complexity index is 517. The molecule has 0 bridgehead atoms. The number of aromatic nitrogens is 2. The van der Waals surface area contributed by atoms with Crippen LogP contribution in [0.3, 0.4) is 0 Å². The Balaban J connectivity index is 1.77. The third kappa shape index (κ3) is 2.68. The number of hydrogen-bond acceptors (Lipinski definition) is 4. The minimum absolute atomic E-state index is 0.328. The summed E-state index contributed by atoms with van der Waals surface area (Å²) >= 11 is 0. The van der Waals surface area contributed by atoms with Gasteiger partial charge in [0.05, 0.1) is 0 Å². The van der Waals surface area contributed by atoms with E-state index < -0.39 is 0 Å². The second-order valence-electron chi connectivity index (χ2n) is 5.21. The SMILES string of the molecule is NC(c1ccccc1)c1nc(C2CCCCC2)no1. The molecule has 0 saturated heterocycles. The summed E-state index contributed by atoms with van der Waals surface area (Å²) in [5.74, 6) is 1.81. The van der Waals surface area contributed by atoms with Crippen molar-refractivity contribution in [1.82, 2.24) is 10.1 Å². The summed E-state index contributed by atoms with van der Waals surface area (Å²) in [5, 5.41) is 4.12. The van der Waals surface area contributed by atoms with E-state index in [1.165, 1.54) is 32.1 Å². The van der Waals surface area contributed by atoms with Crippen LogP contribution < -0.4 is 5.73 Å². The number of benzene rings is 1. The van der Waals surface area contributed by atoms with Gasteiger partial charge in [-0.1, -0.05) is 54.8 Å². The molecule has 0 spiro atoms. The molecule has 0 radical (unpaired) electrons. The van der Waals surface area contributed by atoms with Crippen LogP contribution >= 0.6 is 0 Å². The zero-order valence-electron chi connectivity index (χ0n) is 11.0. The van der Waals surface area contributed by atoms with E-state index in [0.717, 1.165) is 11.4 Å². The Morgan fingerprint density at radius 2 is 1.84 bits per heavy atom. The summed E-state index contributed by atoms with van der Waals surface area (Å²) in [6, 6.07) is 9.54. The van der Waals surface area contributed by atoms with Crippen LogP contribution in [0, 0.1) is 0 Å². The maximum Gasteiger partial charge on any atom is 0.248 e. The fourth-order valence-electron chi connectivity index (χ4n) is 2.70. The summed E-state index contributed by atoms with van der Waals surface area (Å²) in [6.45, 7) is 0. The highest BCUT2D eigenvalue weighted by Crippen LogP contribution is 2.31. The van der Waals surface area contributed by atoms with E-state index in [4.69, 9.17) is 10.3 Å². The van der Waals surface area contributed by atoms with Crippen molar-refractivity contribution in [2.45, 2.75) is 44.1 Å². The Morgan fingerprint density at radius 3 is 2.58 bits per heavy atom. The van der Waals surface area contributed by atoms with E-state index in [0.29, 0.717) is 11.8 Å². The van der Waals surface area contributed by atoms with Crippen LogP contribution in [0.15, 0.2) is 34.9 Å². The second kappa shape index (κ2) is 5.53. The number of nitrogens with zero attached hydrogens (tertiary/aromatic N) is 2. The number of hydrogen-bond donors (Lipinski definition) is 1. The van der Waals surface area contributed by atoms with Crippen molar-refractivity contribution >= 4 is 0 Å². The molecule has 4 heteroatoms. The smallest absolute Gasteiger partial charge is 0.248 e. The average molecular weight is 257 g/mol. The predicted molar refractivity (Wildman–Crippen MR) is 72.6 cm³/mol. The maximum atomic E-state index is 6.16. The molecule has 0 aliphatic heterocycles. The zero-order valence-corrected chi connectivity index (χ0v) is 11.0. The summed E-state index contributed by atoms with van der Waals surface area (Å²) < 4.78 is 5.35. The van der Waals surface area contributed by atoms with Gasteiger partial charge in [-0.05, 0) is 18.4 Å². The molecule has 1 aromatic heterocycles. The Morgan fingerprint density at radius 1 is 1.11 bits per heavy atom. The van der Waals surface area contributed by atoms with Crippen molar-refractivity contribution in [2.24, 2.45) is 5.73 Å². The van der Waals surface area contributed by atoms with Gasteiger partial charge in [0.1, 0.15) is 6.04 Å². The highest BCUT2D eigenvalue weighted by molar-refractivity contribution is 5.23. The first-order chi connectivity index (χ1) is 9.34. The molecule has 1 aliphatic rings. The Hall–Kier alpha value is -1.68. The van der Waals surface area contributed by atoms with Crippen molar-refractivity contribution in [3.05, 3.63) is 47.6 Å². The molecule has 1 fully saturated rings. The van der Waals surface area contributed by atoms with Crippen LogP contribution in [0.4, 0.5) is 0 Å². The quantitative estimate of drug-likeness (QED) is 0.917. The van der Waals surface area contributed by atoms with Crippen LogP contribution in [0.25, 0.3) is 0 Å². The highest BCUT2D eigenvalue weighted by Gasteiger charge is 2.23. The van der Waals surface area contributed by atoms with Gasteiger partial charge in [0.2, 0.25) is 5.89 Å². The zero-order chi connectivity index (χ0) is 13.1. The third-order valence-corrected chi connectivity index (χ3v) is 3.85. The van der Waals surface area contributed by atoms with Crippen molar-refractivity contribution in [2.75, 3.05) is 0 Å². The van der Waals surface area contributed by atoms with Gasteiger partial charge in [0.15, 0.2) is 5.82 Å². The van der Waals surface area contributed by atoms with E-state index in [2.05, 4.69) is 10.1 Å². The number of rotatable bonds is 3. The van der Waals surface area contributed by atoms with Gasteiger partial charge >= 0.3 is 0 Å². The third-order valence-electron chi connectivity index (χ3n) is 3.85. The predicted octanol–water partition coefficient (Wildman–Crippen LogP) is 3.17. The van der Waals surface area contributed by atoms with Gasteiger partial charge in [0, 0.05) is 5.92 Å². The van der Waals surface area contributed by atoms with E-state index in [9.17, 15) is 0 Å². The lowest BCUT2D eigenvalue weighted by atomic mass is 9.89.